The van der Waals surface area contributed by atoms with Gasteiger partial charge in [-0.2, -0.15) is 0 Å². The summed E-state index contributed by atoms with van der Waals surface area (Å²) < 4.78 is 10.5. The van der Waals surface area contributed by atoms with Crippen molar-refractivity contribution in [2.75, 3.05) is 26.9 Å². The number of halogens is 2. The zero-order chi connectivity index (χ0) is 12.7. The van der Waals surface area contributed by atoms with Gasteiger partial charge in [-0.15, -0.1) is 0 Å². The van der Waals surface area contributed by atoms with E-state index in [4.69, 9.17) is 32.7 Å². The third-order valence-electron chi connectivity index (χ3n) is 2.18. The molecule has 0 saturated heterocycles. The number of rotatable bonds is 7. The van der Waals surface area contributed by atoms with Crippen LogP contribution >= 0.6 is 23.2 Å². The Morgan fingerprint density at radius 1 is 1.24 bits per heavy atom. The second-order valence-electron chi connectivity index (χ2n) is 3.50. The first kappa shape index (κ1) is 14.6. The molecular formula is C12H17Cl2NO2. The van der Waals surface area contributed by atoms with Gasteiger partial charge in [-0.05, 0) is 18.7 Å². The van der Waals surface area contributed by atoms with Gasteiger partial charge in [-0.3, -0.25) is 0 Å². The predicted octanol–water partition coefficient (Wildman–Crippen LogP) is 3.13. The Morgan fingerprint density at radius 2 is 2.00 bits per heavy atom. The molecule has 1 aromatic rings. The van der Waals surface area contributed by atoms with Gasteiger partial charge in [-0.1, -0.05) is 30.1 Å². The van der Waals surface area contributed by atoms with Crippen LogP contribution in [0.1, 0.15) is 12.5 Å². The van der Waals surface area contributed by atoms with Crippen molar-refractivity contribution < 1.29 is 9.47 Å². The van der Waals surface area contributed by atoms with E-state index in [2.05, 4.69) is 5.32 Å². The minimum atomic E-state index is 0.469. The standard InChI is InChI=1S/C12H17Cl2NO2/c1-3-15-8-9-6-10(13)7-11(14)12(9)17-5-4-16-2/h6-7,15H,3-5,8H2,1-2H3. The van der Waals surface area contributed by atoms with Crippen molar-refractivity contribution in [1.29, 1.82) is 0 Å². The maximum Gasteiger partial charge on any atom is 0.142 e. The molecule has 0 spiro atoms. The number of ether oxygens (including phenoxy) is 2. The fraction of sp³-hybridized carbons (Fsp3) is 0.500. The van der Waals surface area contributed by atoms with Crippen LogP contribution in [0.5, 0.6) is 5.75 Å². The predicted molar refractivity (Wildman–Crippen MR) is 71.2 cm³/mol. The molecule has 0 atom stereocenters. The van der Waals surface area contributed by atoms with E-state index in [-0.39, 0.29) is 0 Å². The van der Waals surface area contributed by atoms with E-state index in [1.54, 1.807) is 13.2 Å². The van der Waals surface area contributed by atoms with Gasteiger partial charge in [0.1, 0.15) is 12.4 Å². The molecule has 0 amide bonds. The molecule has 0 aromatic heterocycles. The van der Waals surface area contributed by atoms with E-state index in [0.29, 0.717) is 35.6 Å². The smallest absolute Gasteiger partial charge is 0.142 e. The summed E-state index contributed by atoms with van der Waals surface area (Å²) in [6.45, 7) is 4.59. The topological polar surface area (TPSA) is 30.5 Å². The maximum atomic E-state index is 6.11. The van der Waals surface area contributed by atoms with Crippen LogP contribution in [0, 0.1) is 0 Å². The molecule has 96 valence electrons. The van der Waals surface area contributed by atoms with Crippen molar-refractivity contribution in [3.63, 3.8) is 0 Å². The fourth-order valence-corrected chi connectivity index (χ4v) is 1.98. The van der Waals surface area contributed by atoms with E-state index >= 15 is 0 Å². The van der Waals surface area contributed by atoms with Crippen molar-refractivity contribution in [2.24, 2.45) is 0 Å². The highest BCUT2D eigenvalue weighted by atomic mass is 35.5. The van der Waals surface area contributed by atoms with Crippen molar-refractivity contribution in [3.8, 4) is 5.75 Å². The largest absolute Gasteiger partial charge is 0.489 e. The summed E-state index contributed by atoms with van der Waals surface area (Å²) in [5.74, 6) is 0.675. The zero-order valence-electron chi connectivity index (χ0n) is 10.1. The van der Waals surface area contributed by atoms with E-state index in [1.165, 1.54) is 0 Å². The van der Waals surface area contributed by atoms with Crippen molar-refractivity contribution in [3.05, 3.63) is 27.7 Å². The summed E-state index contributed by atoms with van der Waals surface area (Å²) in [7, 11) is 1.63. The Kier molecular flexibility index (Phi) is 6.66. The molecule has 1 rings (SSSR count). The number of methoxy groups -OCH3 is 1. The SMILES string of the molecule is CCNCc1cc(Cl)cc(Cl)c1OCCOC. The molecule has 0 aliphatic rings. The second-order valence-corrected chi connectivity index (χ2v) is 4.34. The van der Waals surface area contributed by atoms with E-state index in [1.807, 2.05) is 13.0 Å². The Bertz CT molecular complexity index is 359. The Labute approximate surface area is 112 Å². The minimum Gasteiger partial charge on any atom is -0.489 e. The third kappa shape index (κ3) is 4.72. The third-order valence-corrected chi connectivity index (χ3v) is 2.68. The lowest BCUT2D eigenvalue weighted by Crippen LogP contribution is -2.14. The van der Waals surface area contributed by atoms with Crippen molar-refractivity contribution in [2.45, 2.75) is 13.5 Å². The molecule has 17 heavy (non-hydrogen) atoms. The number of nitrogens with one attached hydrogen (secondary N) is 1. The molecule has 0 aliphatic heterocycles. The summed E-state index contributed by atoms with van der Waals surface area (Å²) in [5.41, 5.74) is 0.959. The van der Waals surface area contributed by atoms with Gasteiger partial charge >= 0.3 is 0 Å². The monoisotopic (exact) mass is 277 g/mol. The van der Waals surface area contributed by atoms with Gasteiger partial charge in [0.05, 0.1) is 11.6 Å². The van der Waals surface area contributed by atoms with Crippen molar-refractivity contribution in [1.82, 2.24) is 5.32 Å². The molecule has 1 aromatic carbocycles. The molecule has 3 nitrogen and oxygen atoms in total. The average Bonchev–Trinajstić information content (AvgIpc) is 2.29. The summed E-state index contributed by atoms with van der Waals surface area (Å²) in [5, 5.41) is 4.36. The summed E-state index contributed by atoms with van der Waals surface area (Å²) in [4.78, 5) is 0. The fourth-order valence-electron chi connectivity index (χ4n) is 1.39. The number of benzene rings is 1. The van der Waals surface area contributed by atoms with Gasteiger partial charge in [0.15, 0.2) is 0 Å². The van der Waals surface area contributed by atoms with Gasteiger partial charge in [0.2, 0.25) is 0 Å². The van der Waals surface area contributed by atoms with Crippen LogP contribution in [0.4, 0.5) is 0 Å². The van der Waals surface area contributed by atoms with Crippen LogP contribution in [0.15, 0.2) is 12.1 Å². The van der Waals surface area contributed by atoms with E-state index < -0.39 is 0 Å². The van der Waals surface area contributed by atoms with Crippen molar-refractivity contribution >= 4 is 23.2 Å². The molecule has 0 aliphatic carbocycles. The molecule has 0 unspecified atom stereocenters. The minimum absolute atomic E-state index is 0.469. The highest BCUT2D eigenvalue weighted by molar-refractivity contribution is 6.35. The molecule has 0 fully saturated rings. The Hall–Kier alpha value is -0.480. The van der Waals surface area contributed by atoms with Crippen LogP contribution in [-0.2, 0) is 11.3 Å². The van der Waals surface area contributed by atoms with E-state index in [0.717, 1.165) is 12.1 Å². The number of hydrogen-bond donors (Lipinski definition) is 1. The van der Waals surface area contributed by atoms with Crippen LogP contribution < -0.4 is 10.1 Å². The summed E-state index contributed by atoms with van der Waals surface area (Å²) in [6, 6.07) is 3.54. The quantitative estimate of drug-likeness (QED) is 0.777. The molecule has 0 radical (unpaired) electrons. The summed E-state index contributed by atoms with van der Waals surface area (Å²) in [6.07, 6.45) is 0. The van der Waals surface area contributed by atoms with Gasteiger partial charge < -0.3 is 14.8 Å². The molecule has 1 N–H and O–H groups in total. The lowest BCUT2D eigenvalue weighted by molar-refractivity contribution is 0.145. The highest BCUT2D eigenvalue weighted by Crippen LogP contribution is 2.32. The zero-order valence-corrected chi connectivity index (χ0v) is 11.6. The molecule has 0 heterocycles. The molecular weight excluding hydrogens is 261 g/mol. The molecule has 0 bridgehead atoms. The Morgan fingerprint density at radius 3 is 2.65 bits per heavy atom. The van der Waals surface area contributed by atoms with Crippen LogP contribution in [0.25, 0.3) is 0 Å². The summed E-state index contributed by atoms with van der Waals surface area (Å²) >= 11 is 12.1. The lowest BCUT2D eigenvalue weighted by atomic mass is 10.2. The first-order chi connectivity index (χ1) is 8.19. The van der Waals surface area contributed by atoms with E-state index in [9.17, 15) is 0 Å². The first-order valence-electron chi connectivity index (χ1n) is 5.49. The molecule has 5 heteroatoms. The van der Waals surface area contributed by atoms with Gasteiger partial charge in [0, 0.05) is 24.2 Å². The average molecular weight is 278 g/mol. The number of hydrogen-bond acceptors (Lipinski definition) is 3. The first-order valence-corrected chi connectivity index (χ1v) is 6.25. The Balaban J connectivity index is 2.82. The van der Waals surface area contributed by atoms with Gasteiger partial charge in [0.25, 0.3) is 0 Å². The highest BCUT2D eigenvalue weighted by Gasteiger charge is 2.10. The molecule has 0 saturated carbocycles. The maximum absolute atomic E-state index is 6.11. The van der Waals surface area contributed by atoms with Gasteiger partial charge in [-0.25, -0.2) is 0 Å². The normalized spacial score (nSPS) is 10.6. The lowest BCUT2D eigenvalue weighted by Gasteiger charge is -2.14. The van der Waals surface area contributed by atoms with Crippen LogP contribution in [-0.4, -0.2) is 26.9 Å². The second kappa shape index (κ2) is 7.77. The van der Waals surface area contributed by atoms with Crippen LogP contribution in [0.3, 0.4) is 0 Å². The van der Waals surface area contributed by atoms with Crippen LogP contribution in [0.2, 0.25) is 10.0 Å².